The van der Waals surface area contributed by atoms with Crippen LogP contribution in [0.4, 0.5) is 0 Å². The number of fused-ring (bicyclic) bond motifs is 2. The molecule has 4 aliphatic rings. The Kier molecular flexibility index (Phi) is 4.84. The lowest BCUT2D eigenvalue weighted by atomic mass is 9.35. The lowest BCUT2D eigenvalue weighted by Crippen LogP contribution is -2.72. The van der Waals surface area contributed by atoms with Gasteiger partial charge in [-0.15, -0.1) is 0 Å². The van der Waals surface area contributed by atoms with Gasteiger partial charge in [-0.25, -0.2) is 0 Å². The Morgan fingerprint density at radius 1 is 0.741 bits per heavy atom. The number of carbonyl (C=O) groups excluding carboxylic acids is 3. The van der Waals surface area contributed by atoms with Crippen LogP contribution >= 0.6 is 0 Å². The highest BCUT2D eigenvalue weighted by Gasteiger charge is 2.76. The van der Waals surface area contributed by atoms with Gasteiger partial charge in [-0.05, 0) is 24.2 Å². The number of ether oxygens (including phenoxy) is 3. The second-order valence-corrected chi connectivity index (χ2v) is 9.56. The Hall–Kier alpha value is -1.59. The van der Waals surface area contributed by atoms with Crippen molar-refractivity contribution in [3.63, 3.8) is 0 Å². The third kappa shape index (κ3) is 2.95. The van der Waals surface area contributed by atoms with Crippen LogP contribution in [0.25, 0.3) is 0 Å². The molecule has 4 saturated carbocycles. The highest BCUT2D eigenvalue weighted by atomic mass is 16.6. The quantitative estimate of drug-likeness (QED) is 0.553. The van der Waals surface area contributed by atoms with Crippen molar-refractivity contribution in [3.05, 3.63) is 0 Å². The van der Waals surface area contributed by atoms with Crippen LogP contribution in [-0.2, 0) is 28.6 Å². The smallest absolute Gasteiger partial charge is 0.302 e. The predicted octanol–water partition coefficient (Wildman–Crippen LogP) is 3.12. The second-order valence-electron chi connectivity index (χ2n) is 9.56. The summed E-state index contributed by atoms with van der Waals surface area (Å²) in [6.45, 7) is 12.9. The molecule has 0 amide bonds. The van der Waals surface area contributed by atoms with Gasteiger partial charge in [0.25, 0.3) is 0 Å². The first kappa shape index (κ1) is 20.2. The van der Waals surface area contributed by atoms with E-state index in [9.17, 15) is 14.4 Å². The Labute approximate surface area is 161 Å². The molecule has 0 spiro atoms. The van der Waals surface area contributed by atoms with E-state index in [-0.39, 0.29) is 58.9 Å². The van der Waals surface area contributed by atoms with E-state index in [2.05, 4.69) is 27.7 Å². The van der Waals surface area contributed by atoms with Crippen LogP contribution < -0.4 is 0 Å². The van der Waals surface area contributed by atoms with E-state index in [1.807, 2.05) is 0 Å². The minimum Gasteiger partial charge on any atom is -0.462 e. The van der Waals surface area contributed by atoms with E-state index in [0.29, 0.717) is 18.3 Å². The molecule has 0 aliphatic heterocycles. The van der Waals surface area contributed by atoms with Gasteiger partial charge in [0.05, 0.1) is 0 Å². The zero-order chi connectivity index (χ0) is 20.3. The molecule has 0 saturated heterocycles. The molecule has 6 heteroatoms. The minimum atomic E-state index is -0.367. The zero-order valence-electron chi connectivity index (χ0n) is 17.4. The molecule has 0 aromatic carbocycles. The first-order valence-electron chi connectivity index (χ1n) is 9.92. The van der Waals surface area contributed by atoms with Crippen molar-refractivity contribution >= 4 is 17.9 Å². The highest BCUT2D eigenvalue weighted by Crippen LogP contribution is 2.74. The lowest BCUT2D eigenvalue weighted by Gasteiger charge is -2.70. The van der Waals surface area contributed by atoms with Gasteiger partial charge >= 0.3 is 17.9 Å². The Morgan fingerprint density at radius 2 is 1.26 bits per heavy atom. The van der Waals surface area contributed by atoms with E-state index < -0.39 is 0 Å². The first-order valence-corrected chi connectivity index (χ1v) is 9.92. The maximum atomic E-state index is 11.9. The van der Waals surface area contributed by atoms with Crippen LogP contribution in [0.3, 0.4) is 0 Å². The average Bonchev–Trinajstić information content (AvgIpc) is 2.58. The molecule has 0 aromatic rings. The van der Waals surface area contributed by atoms with Gasteiger partial charge in [-0.3, -0.25) is 14.4 Å². The molecule has 6 nitrogen and oxygen atoms in total. The molecule has 8 atom stereocenters. The van der Waals surface area contributed by atoms with E-state index in [1.165, 1.54) is 20.8 Å². The van der Waals surface area contributed by atoms with Gasteiger partial charge in [-0.1, -0.05) is 27.7 Å². The third-order valence-electron chi connectivity index (χ3n) is 7.57. The number of hydrogen-bond donors (Lipinski definition) is 0. The molecule has 152 valence electrons. The molecule has 0 N–H and O–H groups in total. The van der Waals surface area contributed by atoms with Crippen LogP contribution in [0.15, 0.2) is 0 Å². The van der Waals surface area contributed by atoms with Gasteiger partial charge in [0.2, 0.25) is 0 Å². The van der Waals surface area contributed by atoms with Crippen molar-refractivity contribution in [1.29, 1.82) is 0 Å². The molecular weight excluding hydrogens is 348 g/mol. The summed E-state index contributed by atoms with van der Waals surface area (Å²) in [5.41, 5.74) is -0.594. The first-order chi connectivity index (χ1) is 12.4. The van der Waals surface area contributed by atoms with E-state index in [4.69, 9.17) is 14.2 Å². The number of esters is 3. The van der Waals surface area contributed by atoms with Crippen molar-refractivity contribution in [1.82, 2.24) is 0 Å². The highest BCUT2D eigenvalue weighted by molar-refractivity contribution is 5.67. The summed E-state index contributed by atoms with van der Waals surface area (Å²) >= 11 is 0. The third-order valence-corrected chi connectivity index (χ3v) is 7.57. The molecule has 27 heavy (non-hydrogen) atoms. The normalized spacial score (nSPS) is 44.3. The van der Waals surface area contributed by atoms with Crippen LogP contribution in [-0.4, -0.2) is 36.2 Å². The van der Waals surface area contributed by atoms with Gasteiger partial charge in [-0.2, -0.15) is 0 Å². The van der Waals surface area contributed by atoms with E-state index in [0.717, 1.165) is 6.42 Å². The predicted molar refractivity (Wildman–Crippen MR) is 97.4 cm³/mol. The molecular formula is C21H32O6. The van der Waals surface area contributed by atoms with Crippen molar-refractivity contribution in [2.45, 2.75) is 79.6 Å². The van der Waals surface area contributed by atoms with Crippen LogP contribution in [0.5, 0.6) is 0 Å². The second kappa shape index (κ2) is 6.49. The van der Waals surface area contributed by atoms with Crippen LogP contribution in [0, 0.1) is 34.5 Å². The van der Waals surface area contributed by atoms with Crippen molar-refractivity contribution in [2.24, 2.45) is 34.5 Å². The monoisotopic (exact) mass is 380 g/mol. The molecule has 0 heterocycles. The van der Waals surface area contributed by atoms with Gasteiger partial charge in [0.1, 0.15) is 18.3 Å². The molecule has 4 fully saturated rings. The molecule has 1 unspecified atom stereocenters. The largest absolute Gasteiger partial charge is 0.462 e. The SMILES string of the molecule is CC(=O)OC1C[C@H](C)[C@@H]2[C@H]3[C@@H]1[C@]2(C)[C@H](OC(C)=O)C[C@@H](OC(C)=O)C3(C)C. The fourth-order valence-corrected chi connectivity index (χ4v) is 6.79. The van der Waals surface area contributed by atoms with Gasteiger partial charge < -0.3 is 14.2 Å². The van der Waals surface area contributed by atoms with Crippen molar-refractivity contribution in [3.8, 4) is 0 Å². The topological polar surface area (TPSA) is 78.9 Å². The number of rotatable bonds is 3. The summed E-state index contributed by atoms with van der Waals surface area (Å²) in [6, 6.07) is 0. The van der Waals surface area contributed by atoms with Crippen molar-refractivity contribution < 1.29 is 28.6 Å². The van der Waals surface area contributed by atoms with Gasteiger partial charge in [0.15, 0.2) is 0 Å². The molecule has 0 aromatic heterocycles. The Morgan fingerprint density at radius 3 is 1.78 bits per heavy atom. The van der Waals surface area contributed by atoms with E-state index in [1.54, 1.807) is 0 Å². The number of carbonyl (C=O) groups is 3. The molecule has 4 rings (SSSR count). The van der Waals surface area contributed by atoms with Gasteiger partial charge in [0, 0.05) is 43.9 Å². The summed E-state index contributed by atoms with van der Waals surface area (Å²) in [4.78, 5) is 35.4. The van der Waals surface area contributed by atoms with Crippen molar-refractivity contribution in [2.75, 3.05) is 0 Å². The number of hydrogen-bond acceptors (Lipinski definition) is 6. The fourth-order valence-electron chi connectivity index (χ4n) is 6.79. The molecule has 4 bridgehead atoms. The Bertz CT molecular complexity index is 655. The maximum absolute atomic E-state index is 11.9. The van der Waals surface area contributed by atoms with Crippen LogP contribution in [0.1, 0.15) is 61.3 Å². The standard InChI is InChI=1S/C21H32O6/c1-10-8-14(25-11(2)22)18-19-17(10)21(18,7)16(27-13(4)24)9-15(20(19,5)6)26-12(3)23/h10,14-19H,8-9H2,1-7H3/t10-,14?,15+,16+,17+,18+,19-,21+/m0/s1. The molecule has 0 radical (unpaired) electrons. The Balaban J connectivity index is 2.08. The lowest BCUT2D eigenvalue weighted by molar-refractivity contribution is -0.285. The average molecular weight is 380 g/mol. The summed E-state index contributed by atoms with van der Waals surface area (Å²) in [7, 11) is 0. The minimum absolute atomic E-state index is 0.0857. The summed E-state index contributed by atoms with van der Waals surface area (Å²) in [6.07, 6.45) is 0.384. The summed E-state index contributed by atoms with van der Waals surface area (Å²) < 4.78 is 17.3. The fraction of sp³-hybridized carbons (Fsp3) is 0.857. The summed E-state index contributed by atoms with van der Waals surface area (Å²) in [5.74, 6) is 0.0330. The van der Waals surface area contributed by atoms with E-state index >= 15 is 0 Å². The summed E-state index contributed by atoms with van der Waals surface area (Å²) in [5, 5.41) is 0. The maximum Gasteiger partial charge on any atom is 0.302 e. The van der Waals surface area contributed by atoms with Crippen LogP contribution in [0.2, 0.25) is 0 Å². The zero-order valence-corrected chi connectivity index (χ0v) is 17.4. The molecule has 4 aliphatic carbocycles.